The standard InChI is InChI=1S/C16H13ClN2OS/c17-14-11-5-1-2-7-13(11)21-15(14)16(20)19-18-12-8-9-4-3-6-10(9)12/h1-5,7,9,18H,6,8H2,(H,19,20). The van der Waals surface area contributed by atoms with E-state index >= 15 is 0 Å². The molecule has 1 unspecified atom stereocenters. The summed E-state index contributed by atoms with van der Waals surface area (Å²) in [5, 5.41) is 1.46. The first-order valence-corrected chi connectivity index (χ1v) is 8.05. The van der Waals surface area contributed by atoms with E-state index in [-0.39, 0.29) is 5.91 Å². The van der Waals surface area contributed by atoms with Crippen LogP contribution in [0.5, 0.6) is 0 Å². The summed E-state index contributed by atoms with van der Waals surface area (Å²) in [4.78, 5) is 12.8. The molecule has 2 aromatic rings. The minimum Gasteiger partial charge on any atom is -0.302 e. The number of fused-ring (bicyclic) bond motifs is 2. The molecule has 1 aromatic heterocycles. The highest BCUT2D eigenvalue weighted by molar-refractivity contribution is 7.21. The van der Waals surface area contributed by atoms with Crippen LogP contribution in [0.15, 0.2) is 47.7 Å². The van der Waals surface area contributed by atoms with Crippen LogP contribution in [0.2, 0.25) is 5.02 Å². The van der Waals surface area contributed by atoms with E-state index in [0.717, 1.165) is 28.6 Å². The number of carbonyl (C=O) groups is 1. The van der Waals surface area contributed by atoms with E-state index in [1.165, 1.54) is 16.9 Å². The Kier molecular flexibility index (Phi) is 3.01. The molecular weight excluding hydrogens is 304 g/mol. The lowest BCUT2D eigenvalue weighted by atomic mass is 9.84. The fourth-order valence-electron chi connectivity index (χ4n) is 2.87. The molecule has 5 heteroatoms. The molecule has 1 heterocycles. The molecule has 0 spiro atoms. The van der Waals surface area contributed by atoms with Gasteiger partial charge in [-0.15, -0.1) is 11.3 Å². The summed E-state index contributed by atoms with van der Waals surface area (Å²) in [7, 11) is 0. The number of benzene rings is 1. The zero-order chi connectivity index (χ0) is 14.4. The predicted octanol–water partition coefficient (Wildman–Crippen LogP) is 4.02. The van der Waals surface area contributed by atoms with Gasteiger partial charge in [0.2, 0.25) is 0 Å². The summed E-state index contributed by atoms with van der Waals surface area (Å²) in [5.74, 6) is 0.404. The molecule has 0 aliphatic heterocycles. The van der Waals surface area contributed by atoms with Gasteiger partial charge < -0.3 is 5.43 Å². The van der Waals surface area contributed by atoms with Gasteiger partial charge in [-0.1, -0.05) is 42.0 Å². The van der Waals surface area contributed by atoms with Gasteiger partial charge in [0.15, 0.2) is 0 Å². The quantitative estimate of drug-likeness (QED) is 0.663. The first kappa shape index (κ1) is 12.9. The van der Waals surface area contributed by atoms with Crippen molar-refractivity contribution in [1.82, 2.24) is 10.9 Å². The van der Waals surface area contributed by atoms with Crippen molar-refractivity contribution in [3.8, 4) is 0 Å². The number of carbonyl (C=O) groups excluding carboxylic acids is 1. The minimum absolute atomic E-state index is 0.177. The van der Waals surface area contributed by atoms with Crippen molar-refractivity contribution >= 4 is 38.9 Å². The van der Waals surface area contributed by atoms with E-state index in [9.17, 15) is 4.79 Å². The monoisotopic (exact) mass is 316 g/mol. The van der Waals surface area contributed by atoms with Gasteiger partial charge in [-0.2, -0.15) is 0 Å². The molecular formula is C16H13ClN2OS. The average molecular weight is 317 g/mol. The fourth-order valence-corrected chi connectivity index (χ4v) is 4.28. The summed E-state index contributed by atoms with van der Waals surface area (Å²) in [6.07, 6.45) is 6.38. The van der Waals surface area contributed by atoms with Gasteiger partial charge in [-0.05, 0) is 24.5 Å². The molecule has 1 amide bonds. The van der Waals surface area contributed by atoms with Gasteiger partial charge >= 0.3 is 0 Å². The Labute approximate surface area is 131 Å². The Morgan fingerprint density at radius 3 is 3.00 bits per heavy atom. The highest BCUT2D eigenvalue weighted by Gasteiger charge is 2.30. The molecule has 2 aliphatic rings. The SMILES string of the molecule is O=C(NNC1=C2CC=CC2C1)c1sc2ccccc2c1Cl. The Bertz CT molecular complexity index is 806. The first-order chi connectivity index (χ1) is 10.2. The smallest absolute Gasteiger partial charge is 0.281 e. The van der Waals surface area contributed by atoms with E-state index in [1.807, 2.05) is 24.3 Å². The number of allylic oxidation sites excluding steroid dienone is 4. The molecule has 2 N–H and O–H groups in total. The summed E-state index contributed by atoms with van der Waals surface area (Å²) < 4.78 is 1.03. The Morgan fingerprint density at radius 2 is 2.19 bits per heavy atom. The number of nitrogens with one attached hydrogen (secondary N) is 2. The fraction of sp³-hybridized carbons (Fsp3) is 0.188. The molecule has 0 saturated carbocycles. The third-order valence-electron chi connectivity index (χ3n) is 4.03. The van der Waals surface area contributed by atoms with Gasteiger partial charge in [0.1, 0.15) is 4.88 Å². The number of halogens is 1. The lowest BCUT2D eigenvalue weighted by molar-refractivity contribution is 0.0941. The molecule has 1 aromatic carbocycles. The van der Waals surface area contributed by atoms with Crippen LogP contribution >= 0.6 is 22.9 Å². The third-order valence-corrected chi connectivity index (χ3v) is 5.71. The zero-order valence-electron chi connectivity index (χ0n) is 11.2. The van der Waals surface area contributed by atoms with Gasteiger partial charge in [-0.25, -0.2) is 0 Å². The molecule has 0 saturated heterocycles. The number of hydrogen-bond acceptors (Lipinski definition) is 3. The third kappa shape index (κ3) is 2.06. The maximum Gasteiger partial charge on any atom is 0.281 e. The van der Waals surface area contributed by atoms with Gasteiger partial charge in [-0.3, -0.25) is 10.2 Å². The van der Waals surface area contributed by atoms with E-state index in [2.05, 4.69) is 23.0 Å². The van der Waals surface area contributed by atoms with Crippen molar-refractivity contribution in [1.29, 1.82) is 0 Å². The molecule has 21 heavy (non-hydrogen) atoms. The maximum atomic E-state index is 12.3. The normalized spacial score (nSPS) is 19.6. The van der Waals surface area contributed by atoms with E-state index in [1.54, 1.807) is 0 Å². The Hall–Kier alpha value is -1.78. The number of amides is 1. The van der Waals surface area contributed by atoms with Gasteiger partial charge in [0, 0.05) is 21.7 Å². The van der Waals surface area contributed by atoms with E-state index in [4.69, 9.17) is 11.6 Å². The van der Waals surface area contributed by atoms with Crippen LogP contribution in [0.3, 0.4) is 0 Å². The molecule has 0 fully saturated rings. The van der Waals surface area contributed by atoms with Crippen LogP contribution in [-0.2, 0) is 0 Å². The molecule has 1 atom stereocenters. The number of hydrazine groups is 1. The van der Waals surface area contributed by atoms with Crippen LogP contribution in [0, 0.1) is 5.92 Å². The first-order valence-electron chi connectivity index (χ1n) is 6.86. The number of thiophene rings is 1. The second kappa shape index (κ2) is 4.90. The molecule has 0 bridgehead atoms. The second-order valence-electron chi connectivity index (χ2n) is 5.27. The topological polar surface area (TPSA) is 41.1 Å². The molecule has 106 valence electrons. The van der Waals surface area contributed by atoms with Crippen LogP contribution in [-0.4, -0.2) is 5.91 Å². The zero-order valence-corrected chi connectivity index (χ0v) is 12.7. The molecule has 4 rings (SSSR count). The lowest BCUT2D eigenvalue weighted by Crippen LogP contribution is -2.40. The molecule has 0 radical (unpaired) electrons. The Morgan fingerprint density at radius 1 is 1.33 bits per heavy atom. The summed E-state index contributed by atoms with van der Waals surface area (Å²) >= 11 is 7.72. The highest BCUT2D eigenvalue weighted by Crippen LogP contribution is 2.40. The van der Waals surface area contributed by atoms with Crippen LogP contribution in [0.25, 0.3) is 10.1 Å². The Balaban J connectivity index is 1.52. The lowest BCUT2D eigenvalue weighted by Gasteiger charge is -2.28. The van der Waals surface area contributed by atoms with Crippen molar-refractivity contribution in [2.45, 2.75) is 12.8 Å². The van der Waals surface area contributed by atoms with Gasteiger partial charge in [0.05, 0.1) is 5.02 Å². The van der Waals surface area contributed by atoms with Gasteiger partial charge in [0.25, 0.3) is 5.91 Å². The maximum absolute atomic E-state index is 12.3. The van der Waals surface area contributed by atoms with Crippen molar-refractivity contribution < 1.29 is 4.79 Å². The highest BCUT2D eigenvalue weighted by atomic mass is 35.5. The minimum atomic E-state index is -0.177. The van der Waals surface area contributed by atoms with Crippen molar-refractivity contribution in [3.63, 3.8) is 0 Å². The van der Waals surface area contributed by atoms with Crippen LogP contribution in [0.4, 0.5) is 0 Å². The molecule has 3 nitrogen and oxygen atoms in total. The predicted molar refractivity (Wildman–Crippen MR) is 86.3 cm³/mol. The van der Waals surface area contributed by atoms with Crippen molar-refractivity contribution in [2.75, 3.05) is 0 Å². The van der Waals surface area contributed by atoms with E-state index < -0.39 is 0 Å². The second-order valence-corrected chi connectivity index (χ2v) is 6.70. The average Bonchev–Trinajstić information content (AvgIpc) is 3.01. The number of rotatable bonds is 3. The van der Waals surface area contributed by atoms with Crippen molar-refractivity contribution in [2.24, 2.45) is 5.92 Å². The summed E-state index contributed by atoms with van der Waals surface area (Å²) in [5.41, 5.74) is 8.34. The summed E-state index contributed by atoms with van der Waals surface area (Å²) in [6, 6.07) is 7.78. The van der Waals surface area contributed by atoms with Crippen molar-refractivity contribution in [3.05, 3.63) is 57.6 Å². The molecule has 2 aliphatic carbocycles. The van der Waals surface area contributed by atoms with Crippen LogP contribution < -0.4 is 10.9 Å². The van der Waals surface area contributed by atoms with Crippen LogP contribution in [0.1, 0.15) is 22.5 Å². The van der Waals surface area contributed by atoms with E-state index in [0.29, 0.717) is 15.8 Å². The summed E-state index contributed by atoms with van der Waals surface area (Å²) in [6.45, 7) is 0. The largest absolute Gasteiger partial charge is 0.302 e. The number of hydrogen-bond donors (Lipinski definition) is 2.